The van der Waals surface area contributed by atoms with Gasteiger partial charge < -0.3 is 10.1 Å². The van der Waals surface area contributed by atoms with Crippen LogP contribution in [0.15, 0.2) is 22.7 Å². The van der Waals surface area contributed by atoms with Crippen molar-refractivity contribution in [2.24, 2.45) is 11.8 Å². The summed E-state index contributed by atoms with van der Waals surface area (Å²) in [4.78, 5) is 0. The summed E-state index contributed by atoms with van der Waals surface area (Å²) >= 11 is 3.54. The van der Waals surface area contributed by atoms with Crippen molar-refractivity contribution in [1.82, 2.24) is 5.32 Å². The van der Waals surface area contributed by atoms with Gasteiger partial charge in [0.2, 0.25) is 0 Å². The monoisotopic (exact) mass is 311 g/mol. The molecule has 0 saturated heterocycles. The van der Waals surface area contributed by atoms with E-state index in [2.05, 4.69) is 54.2 Å². The first-order chi connectivity index (χ1) is 8.58. The van der Waals surface area contributed by atoms with E-state index >= 15 is 0 Å². The SMILES string of the molecule is CC(C)C(C)CNC1CCOc2ccc(Br)cc21. The van der Waals surface area contributed by atoms with Gasteiger partial charge in [-0.3, -0.25) is 0 Å². The standard InChI is InChI=1S/C15H22BrNO/c1-10(2)11(3)9-17-14-6-7-18-15-5-4-12(16)8-13(14)15/h4-5,8,10-11,14,17H,6-7,9H2,1-3H3. The zero-order valence-corrected chi connectivity index (χ0v) is 13.0. The Hall–Kier alpha value is -0.540. The van der Waals surface area contributed by atoms with Crippen LogP contribution in [-0.4, -0.2) is 13.2 Å². The molecule has 0 aromatic heterocycles. The van der Waals surface area contributed by atoms with E-state index in [1.165, 1.54) is 5.56 Å². The summed E-state index contributed by atoms with van der Waals surface area (Å²) in [5, 5.41) is 3.69. The molecule has 2 nitrogen and oxygen atoms in total. The van der Waals surface area contributed by atoms with E-state index in [-0.39, 0.29) is 0 Å². The number of hydrogen-bond acceptors (Lipinski definition) is 2. The van der Waals surface area contributed by atoms with Crippen LogP contribution in [0.2, 0.25) is 0 Å². The van der Waals surface area contributed by atoms with Crippen LogP contribution in [0.3, 0.4) is 0 Å². The zero-order chi connectivity index (χ0) is 13.1. The Kier molecular flexibility index (Phi) is 4.68. The largest absolute Gasteiger partial charge is 0.493 e. The quantitative estimate of drug-likeness (QED) is 0.901. The highest BCUT2D eigenvalue weighted by atomic mass is 79.9. The predicted octanol–water partition coefficient (Wildman–Crippen LogP) is 4.15. The molecule has 1 N–H and O–H groups in total. The van der Waals surface area contributed by atoms with Crippen LogP contribution in [0, 0.1) is 11.8 Å². The molecule has 1 aromatic rings. The Balaban J connectivity index is 2.05. The van der Waals surface area contributed by atoms with E-state index in [9.17, 15) is 0 Å². The normalized spacial score (nSPS) is 20.4. The topological polar surface area (TPSA) is 21.3 Å². The molecule has 1 aliphatic heterocycles. The third-order valence-corrected chi connectivity index (χ3v) is 4.33. The Labute approximate surface area is 118 Å². The van der Waals surface area contributed by atoms with Crippen LogP contribution in [0.25, 0.3) is 0 Å². The van der Waals surface area contributed by atoms with Crippen molar-refractivity contribution < 1.29 is 4.74 Å². The molecule has 0 saturated carbocycles. The molecule has 0 aliphatic carbocycles. The molecule has 2 unspecified atom stereocenters. The van der Waals surface area contributed by atoms with Gasteiger partial charge in [0.25, 0.3) is 0 Å². The lowest BCUT2D eigenvalue weighted by Gasteiger charge is -2.28. The van der Waals surface area contributed by atoms with Crippen LogP contribution in [0.5, 0.6) is 5.75 Å². The fourth-order valence-electron chi connectivity index (χ4n) is 2.14. The molecule has 1 aromatic carbocycles. The van der Waals surface area contributed by atoms with Gasteiger partial charge in [-0.1, -0.05) is 36.7 Å². The molecule has 2 rings (SSSR count). The van der Waals surface area contributed by atoms with Crippen molar-refractivity contribution in [2.75, 3.05) is 13.2 Å². The fourth-order valence-corrected chi connectivity index (χ4v) is 2.52. The average molecular weight is 312 g/mol. The molecule has 0 fully saturated rings. The van der Waals surface area contributed by atoms with E-state index in [4.69, 9.17) is 4.74 Å². The fraction of sp³-hybridized carbons (Fsp3) is 0.600. The van der Waals surface area contributed by atoms with Crippen molar-refractivity contribution in [1.29, 1.82) is 0 Å². The highest BCUT2D eigenvalue weighted by Gasteiger charge is 2.22. The second-order valence-corrected chi connectivity index (χ2v) is 6.42. The molecule has 0 bridgehead atoms. The molecule has 0 amide bonds. The lowest BCUT2D eigenvalue weighted by Crippen LogP contribution is -2.31. The summed E-state index contributed by atoms with van der Waals surface area (Å²) in [6.07, 6.45) is 1.05. The first kappa shape index (κ1) is 13.9. The number of hydrogen-bond donors (Lipinski definition) is 1. The zero-order valence-electron chi connectivity index (χ0n) is 11.4. The lowest BCUT2D eigenvalue weighted by molar-refractivity contribution is 0.244. The van der Waals surface area contributed by atoms with E-state index < -0.39 is 0 Å². The molecular weight excluding hydrogens is 290 g/mol. The highest BCUT2D eigenvalue weighted by molar-refractivity contribution is 9.10. The average Bonchev–Trinajstić information content (AvgIpc) is 2.35. The number of benzene rings is 1. The minimum atomic E-state index is 0.424. The molecule has 0 radical (unpaired) electrons. The number of halogens is 1. The lowest BCUT2D eigenvalue weighted by atomic mass is 9.96. The molecule has 18 heavy (non-hydrogen) atoms. The molecule has 3 heteroatoms. The summed E-state index contributed by atoms with van der Waals surface area (Å²) in [5.74, 6) is 2.45. The van der Waals surface area contributed by atoms with Crippen LogP contribution in [0.4, 0.5) is 0 Å². The minimum Gasteiger partial charge on any atom is -0.493 e. The number of rotatable bonds is 4. The van der Waals surface area contributed by atoms with Gasteiger partial charge >= 0.3 is 0 Å². The molecule has 2 atom stereocenters. The van der Waals surface area contributed by atoms with Crippen molar-refractivity contribution in [2.45, 2.75) is 33.2 Å². The maximum atomic E-state index is 5.70. The maximum absolute atomic E-state index is 5.70. The van der Waals surface area contributed by atoms with Gasteiger partial charge in [0.15, 0.2) is 0 Å². The van der Waals surface area contributed by atoms with Gasteiger partial charge in [0.05, 0.1) is 6.61 Å². The summed E-state index contributed by atoms with van der Waals surface area (Å²) < 4.78 is 6.82. The molecule has 1 aliphatic rings. The Morgan fingerprint density at radius 1 is 1.39 bits per heavy atom. The number of fused-ring (bicyclic) bond motifs is 1. The van der Waals surface area contributed by atoms with E-state index in [1.807, 2.05) is 6.07 Å². The Morgan fingerprint density at radius 3 is 2.89 bits per heavy atom. The van der Waals surface area contributed by atoms with Crippen molar-refractivity contribution >= 4 is 15.9 Å². The predicted molar refractivity (Wildman–Crippen MR) is 79.0 cm³/mol. The van der Waals surface area contributed by atoms with Gasteiger partial charge in [0.1, 0.15) is 5.75 Å². The summed E-state index contributed by atoms with van der Waals surface area (Å²) in [7, 11) is 0. The van der Waals surface area contributed by atoms with Crippen molar-refractivity contribution in [3.8, 4) is 5.75 Å². The van der Waals surface area contributed by atoms with Gasteiger partial charge in [-0.15, -0.1) is 0 Å². The number of nitrogens with one attached hydrogen (secondary N) is 1. The molecular formula is C15H22BrNO. The van der Waals surface area contributed by atoms with E-state index in [0.717, 1.165) is 35.7 Å². The Bertz CT molecular complexity index is 405. The first-order valence-electron chi connectivity index (χ1n) is 6.73. The summed E-state index contributed by atoms with van der Waals surface area (Å²) in [5.41, 5.74) is 1.28. The van der Waals surface area contributed by atoms with Crippen LogP contribution in [0.1, 0.15) is 38.8 Å². The van der Waals surface area contributed by atoms with Gasteiger partial charge in [0, 0.05) is 22.5 Å². The van der Waals surface area contributed by atoms with Crippen LogP contribution in [-0.2, 0) is 0 Å². The van der Waals surface area contributed by atoms with Crippen molar-refractivity contribution in [3.63, 3.8) is 0 Å². The molecule has 100 valence electrons. The second-order valence-electron chi connectivity index (χ2n) is 5.50. The third kappa shape index (κ3) is 3.27. The van der Waals surface area contributed by atoms with Gasteiger partial charge in [-0.05, 0) is 36.6 Å². The van der Waals surface area contributed by atoms with Crippen LogP contribution >= 0.6 is 15.9 Å². The summed E-state index contributed by atoms with van der Waals surface area (Å²) in [6, 6.07) is 6.69. The second kappa shape index (κ2) is 6.07. The first-order valence-corrected chi connectivity index (χ1v) is 7.53. The Morgan fingerprint density at radius 2 is 2.17 bits per heavy atom. The minimum absolute atomic E-state index is 0.424. The third-order valence-electron chi connectivity index (χ3n) is 3.84. The number of ether oxygens (including phenoxy) is 1. The van der Waals surface area contributed by atoms with E-state index in [0.29, 0.717) is 12.0 Å². The molecule has 0 spiro atoms. The van der Waals surface area contributed by atoms with Gasteiger partial charge in [-0.2, -0.15) is 0 Å². The van der Waals surface area contributed by atoms with Gasteiger partial charge in [-0.25, -0.2) is 0 Å². The van der Waals surface area contributed by atoms with Crippen molar-refractivity contribution in [3.05, 3.63) is 28.2 Å². The maximum Gasteiger partial charge on any atom is 0.124 e. The van der Waals surface area contributed by atoms with E-state index in [1.54, 1.807) is 0 Å². The smallest absolute Gasteiger partial charge is 0.124 e. The van der Waals surface area contributed by atoms with Crippen LogP contribution < -0.4 is 10.1 Å². The summed E-state index contributed by atoms with van der Waals surface area (Å²) in [6.45, 7) is 8.73. The highest BCUT2D eigenvalue weighted by Crippen LogP contribution is 2.34. The molecule has 1 heterocycles.